The second-order valence-electron chi connectivity index (χ2n) is 4.24. The summed E-state index contributed by atoms with van der Waals surface area (Å²) in [6.45, 7) is 0.485. The van der Waals surface area contributed by atoms with Gasteiger partial charge in [0.2, 0.25) is 0 Å². The molecule has 4 N–H and O–H groups in total. The molecule has 0 bridgehead atoms. The first-order valence-corrected chi connectivity index (χ1v) is 6.05. The van der Waals surface area contributed by atoms with E-state index in [1.807, 2.05) is 72.8 Å². The fourth-order valence-corrected chi connectivity index (χ4v) is 2.04. The molecule has 18 heavy (non-hydrogen) atoms. The summed E-state index contributed by atoms with van der Waals surface area (Å²) in [6.07, 6.45) is 3.87. The zero-order valence-electron chi connectivity index (χ0n) is 10.3. The monoisotopic (exact) mass is 238 g/mol. The van der Waals surface area contributed by atoms with E-state index < -0.39 is 5.54 Å². The molecule has 0 atom stereocenters. The molecule has 0 aliphatic carbocycles. The number of hydrogen-bond acceptors (Lipinski definition) is 2. The van der Waals surface area contributed by atoms with Crippen molar-refractivity contribution in [2.24, 2.45) is 11.5 Å². The lowest BCUT2D eigenvalue weighted by Crippen LogP contribution is -2.35. The Kier molecular flexibility index (Phi) is 3.92. The molecular weight excluding hydrogens is 220 g/mol. The van der Waals surface area contributed by atoms with E-state index in [0.717, 1.165) is 11.1 Å². The molecule has 2 aromatic rings. The summed E-state index contributed by atoms with van der Waals surface area (Å²) in [6, 6.07) is 20.1. The predicted molar refractivity (Wildman–Crippen MR) is 76.0 cm³/mol. The molecule has 2 rings (SSSR count). The van der Waals surface area contributed by atoms with Crippen LogP contribution in [0.3, 0.4) is 0 Å². The van der Waals surface area contributed by atoms with E-state index in [9.17, 15) is 0 Å². The Morgan fingerprint density at radius 2 is 1.28 bits per heavy atom. The van der Waals surface area contributed by atoms with Gasteiger partial charge in [0.15, 0.2) is 0 Å². The van der Waals surface area contributed by atoms with Crippen molar-refractivity contribution in [1.29, 1.82) is 0 Å². The van der Waals surface area contributed by atoms with Crippen molar-refractivity contribution >= 4 is 0 Å². The molecule has 2 nitrogen and oxygen atoms in total. The maximum absolute atomic E-state index is 6.58. The van der Waals surface area contributed by atoms with E-state index in [2.05, 4.69) is 0 Å². The summed E-state index contributed by atoms with van der Waals surface area (Å²) < 4.78 is 0. The fourth-order valence-electron chi connectivity index (χ4n) is 2.04. The lowest BCUT2D eigenvalue weighted by molar-refractivity contribution is 0.679. The number of nitrogens with two attached hydrogens (primary N) is 2. The van der Waals surface area contributed by atoms with Crippen molar-refractivity contribution in [2.45, 2.75) is 5.54 Å². The summed E-state index contributed by atoms with van der Waals surface area (Å²) in [5.41, 5.74) is 13.6. The van der Waals surface area contributed by atoms with Crippen LogP contribution in [0.2, 0.25) is 0 Å². The molecule has 0 amide bonds. The van der Waals surface area contributed by atoms with Crippen LogP contribution in [0.4, 0.5) is 0 Å². The third-order valence-corrected chi connectivity index (χ3v) is 3.02. The van der Waals surface area contributed by atoms with Crippen molar-refractivity contribution in [3.8, 4) is 0 Å². The van der Waals surface area contributed by atoms with Crippen molar-refractivity contribution < 1.29 is 0 Å². The molecule has 0 spiro atoms. The molecule has 0 saturated heterocycles. The van der Waals surface area contributed by atoms with Crippen LogP contribution in [-0.4, -0.2) is 6.54 Å². The summed E-state index contributed by atoms with van der Waals surface area (Å²) in [5.74, 6) is 0. The van der Waals surface area contributed by atoms with Crippen LogP contribution in [0.1, 0.15) is 11.1 Å². The predicted octanol–water partition coefficient (Wildman–Crippen LogP) is 2.40. The fraction of sp³-hybridized carbons (Fsp3) is 0.125. The average Bonchev–Trinajstić information content (AvgIpc) is 2.46. The highest BCUT2D eigenvalue weighted by molar-refractivity contribution is 5.42. The topological polar surface area (TPSA) is 52.0 Å². The van der Waals surface area contributed by atoms with Crippen LogP contribution >= 0.6 is 0 Å². The minimum atomic E-state index is -0.623. The molecule has 0 aliphatic heterocycles. The van der Waals surface area contributed by atoms with E-state index >= 15 is 0 Å². The first-order valence-electron chi connectivity index (χ1n) is 6.05. The lowest BCUT2D eigenvalue weighted by atomic mass is 9.83. The quantitative estimate of drug-likeness (QED) is 0.804. The lowest BCUT2D eigenvalue weighted by Gasteiger charge is -2.27. The van der Waals surface area contributed by atoms with Crippen LogP contribution < -0.4 is 11.5 Å². The Hall–Kier alpha value is -1.90. The van der Waals surface area contributed by atoms with Crippen LogP contribution in [0.5, 0.6) is 0 Å². The van der Waals surface area contributed by atoms with Crippen LogP contribution in [-0.2, 0) is 5.54 Å². The first kappa shape index (κ1) is 12.6. The van der Waals surface area contributed by atoms with Crippen molar-refractivity contribution in [3.63, 3.8) is 0 Å². The zero-order valence-corrected chi connectivity index (χ0v) is 10.3. The van der Waals surface area contributed by atoms with Gasteiger partial charge in [-0.25, -0.2) is 0 Å². The van der Waals surface area contributed by atoms with Gasteiger partial charge in [-0.05, 0) is 11.1 Å². The normalized spacial score (nSPS) is 11.9. The minimum absolute atomic E-state index is 0.485. The van der Waals surface area contributed by atoms with Crippen LogP contribution in [0.25, 0.3) is 0 Å². The Balaban J connectivity index is 2.51. The highest BCUT2D eigenvalue weighted by atomic mass is 14.7. The van der Waals surface area contributed by atoms with Crippen molar-refractivity contribution in [3.05, 3.63) is 83.9 Å². The van der Waals surface area contributed by atoms with Gasteiger partial charge in [0, 0.05) is 6.54 Å². The number of rotatable bonds is 4. The van der Waals surface area contributed by atoms with Gasteiger partial charge in [0.25, 0.3) is 0 Å². The molecule has 2 aromatic carbocycles. The van der Waals surface area contributed by atoms with Gasteiger partial charge < -0.3 is 11.5 Å². The summed E-state index contributed by atoms with van der Waals surface area (Å²) >= 11 is 0. The standard InChI is InChI=1S/C16H18N2/c17-13-7-12-16(18,14-8-3-1-4-9-14)15-10-5-2-6-11-15/h1-12H,13,17-18H2/b12-7+. The molecule has 0 aromatic heterocycles. The van der Waals surface area contributed by atoms with Gasteiger partial charge in [0.1, 0.15) is 0 Å². The van der Waals surface area contributed by atoms with E-state index in [1.54, 1.807) is 0 Å². The molecule has 0 saturated carbocycles. The molecule has 92 valence electrons. The molecular formula is C16H18N2. The Morgan fingerprint density at radius 1 is 0.833 bits per heavy atom. The van der Waals surface area contributed by atoms with Crippen LogP contribution in [0, 0.1) is 0 Å². The highest BCUT2D eigenvalue weighted by Crippen LogP contribution is 2.28. The average molecular weight is 238 g/mol. The molecule has 0 aliphatic rings. The summed E-state index contributed by atoms with van der Waals surface area (Å²) in [7, 11) is 0. The number of benzene rings is 2. The van der Waals surface area contributed by atoms with E-state index in [-0.39, 0.29) is 0 Å². The zero-order chi connectivity index (χ0) is 12.8. The molecule has 0 heterocycles. The molecule has 0 unspecified atom stereocenters. The van der Waals surface area contributed by atoms with Gasteiger partial charge in [-0.1, -0.05) is 72.8 Å². The summed E-state index contributed by atoms with van der Waals surface area (Å²) in [5, 5.41) is 0. The highest BCUT2D eigenvalue weighted by Gasteiger charge is 2.25. The SMILES string of the molecule is NC/C=C/C(N)(c1ccccc1)c1ccccc1. The maximum atomic E-state index is 6.58. The second kappa shape index (κ2) is 5.63. The maximum Gasteiger partial charge on any atom is 0.0853 e. The van der Waals surface area contributed by atoms with E-state index in [0.29, 0.717) is 6.54 Å². The van der Waals surface area contributed by atoms with E-state index in [4.69, 9.17) is 11.5 Å². The minimum Gasteiger partial charge on any atom is -0.327 e. The van der Waals surface area contributed by atoms with Gasteiger partial charge in [-0.2, -0.15) is 0 Å². The Bertz CT molecular complexity index is 464. The first-order chi connectivity index (χ1) is 8.77. The largest absolute Gasteiger partial charge is 0.327 e. The third-order valence-electron chi connectivity index (χ3n) is 3.02. The molecule has 0 fully saturated rings. The van der Waals surface area contributed by atoms with Crippen molar-refractivity contribution in [2.75, 3.05) is 6.54 Å². The van der Waals surface area contributed by atoms with Crippen molar-refractivity contribution in [1.82, 2.24) is 0 Å². The second-order valence-corrected chi connectivity index (χ2v) is 4.24. The Labute approximate surface area is 108 Å². The van der Waals surface area contributed by atoms with Gasteiger partial charge >= 0.3 is 0 Å². The summed E-state index contributed by atoms with van der Waals surface area (Å²) in [4.78, 5) is 0. The van der Waals surface area contributed by atoms with E-state index in [1.165, 1.54) is 0 Å². The van der Waals surface area contributed by atoms with Gasteiger partial charge in [-0.15, -0.1) is 0 Å². The third kappa shape index (κ3) is 2.50. The molecule has 2 heteroatoms. The Morgan fingerprint density at radius 3 is 1.67 bits per heavy atom. The number of hydrogen-bond donors (Lipinski definition) is 2. The van der Waals surface area contributed by atoms with Crippen LogP contribution in [0.15, 0.2) is 72.8 Å². The van der Waals surface area contributed by atoms with Gasteiger partial charge in [0.05, 0.1) is 5.54 Å². The van der Waals surface area contributed by atoms with Gasteiger partial charge in [-0.3, -0.25) is 0 Å². The smallest absolute Gasteiger partial charge is 0.0853 e. The molecule has 0 radical (unpaired) electrons.